The van der Waals surface area contributed by atoms with Crippen molar-refractivity contribution in [1.29, 1.82) is 0 Å². The highest BCUT2D eigenvalue weighted by atomic mass is 16.6. The predicted molar refractivity (Wildman–Crippen MR) is 99.6 cm³/mol. The summed E-state index contributed by atoms with van der Waals surface area (Å²) in [6, 6.07) is -1.44. The van der Waals surface area contributed by atoms with E-state index in [4.69, 9.17) is 27.1 Å². The molecule has 0 spiro atoms. The van der Waals surface area contributed by atoms with Crippen LogP contribution in [0.2, 0.25) is 0 Å². The van der Waals surface area contributed by atoms with Crippen molar-refractivity contribution in [2.24, 2.45) is 0 Å². The Morgan fingerprint density at radius 3 is 2.04 bits per heavy atom. The summed E-state index contributed by atoms with van der Waals surface area (Å²) in [6.07, 6.45) is 11.1. The van der Waals surface area contributed by atoms with Gasteiger partial charge in [0, 0.05) is 18.9 Å². The Balaban J connectivity index is 4.55. The van der Waals surface area contributed by atoms with E-state index in [9.17, 15) is 14.4 Å². The van der Waals surface area contributed by atoms with Crippen molar-refractivity contribution in [3.05, 3.63) is 0 Å². The molecule has 0 bridgehead atoms. The van der Waals surface area contributed by atoms with Crippen LogP contribution in [0.1, 0.15) is 46.0 Å². The van der Waals surface area contributed by atoms with Crippen molar-refractivity contribution in [2.75, 3.05) is 19.8 Å². The van der Waals surface area contributed by atoms with Gasteiger partial charge >= 0.3 is 18.2 Å². The lowest BCUT2D eigenvalue weighted by Gasteiger charge is -2.21. The molecule has 0 aromatic heterocycles. The summed E-state index contributed by atoms with van der Waals surface area (Å²) in [4.78, 5) is 35.6. The van der Waals surface area contributed by atoms with Crippen LogP contribution in [-0.4, -0.2) is 50.1 Å². The van der Waals surface area contributed by atoms with Crippen molar-refractivity contribution >= 4 is 18.2 Å². The van der Waals surface area contributed by atoms with Crippen LogP contribution in [0.25, 0.3) is 0 Å². The number of carbonyl (C=O) groups is 3. The Morgan fingerprint density at radius 1 is 0.926 bits per heavy atom. The summed E-state index contributed by atoms with van der Waals surface area (Å²) in [7, 11) is 0. The van der Waals surface area contributed by atoms with E-state index in [1.165, 1.54) is 0 Å². The zero-order valence-electron chi connectivity index (χ0n) is 15.9. The van der Waals surface area contributed by atoms with E-state index < -0.39 is 30.2 Å². The number of nitrogens with one attached hydrogen (secondary N) is 2. The number of alkyl carbamates (subject to hydrolysis) is 2. The molecule has 2 atom stereocenters. The Kier molecular flexibility index (Phi) is 13.8. The van der Waals surface area contributed by atoms with Gasteiger partial charge in [-0.2, -0.15) is 0 Å². The lowest BCUT2D eigenvalue weighted by atomic mass is 10.1. The van der Waals surface area contributed by atoms with Crippen molar-refractivity contribution < 1.29 is 28.6 Å². The molecule has 2 unspecified atom stereocenters. The number of esters is 1. The molecule has 8 heteroatoms. The van der Waals surface area contributed by atoms with Crippen LogP contribution < -0.4 is 10.6 Å². The molecule has 2 amide bonds. The molecule has 8 nitrogen and oxygen atoms in total. The van der Waals surface area contributed by atoms with Gasteiger partial charge in [-0.25, -0.2) is 14.4 Å². The first-order chi connectivity index (χ1) is 12.9. The maximum absolute atomic E-state index is 12.2. The minimum absolute atomic E-state index is 0.103. The quantitative estimate of drug-likeness (QED) is 0.232. The predicted octanol–water partition coefficient (Wildman–Crippen LogP) is 1.98. The molecule has 150 valence electrons. The first kappa shape index (κ1) is 24.1. The second-order valence-corrected chi connectivity index (χ2v) is 5.62. The van der Waals surface area contributed by atoms with Gasteiger partial charge in [-0.15, -0.1) is 24.7 Å². The molecule has 0 heterocycles. The topological polar surface area (TPSA) is 103 Å². The molecule has 0 aliphatic carbocycles. The Hall–Kier alpha value is -2.87. The van der Waals surface area contributed by atoms with Gasteiger partial charge in [0.15, 0.2) is 0 Å². The molecule has 0 aliphatic rings. The average molecular weight is 380 g/mol. The van der Waals surface area contributed by atoms with Gasteiger partial charge in [0.05, 0.1) is 19.8 Å². The Morgan fingerprint density at radius 2 is 1.48 bits per heavy atom. The molecule has 0 saturated carbocycles. The first-order valence-corrected chi connectivity index (χ1v) is 8.84. The summed E-state index contributed by atoms with van der Waals surface area (Å²) in [5, 5.41) is 5.02. The number of carbonyl (C=O) groups excluding carboxylic acids is 3. The summed E-state index contributed by atoms with van der Waals surface area (Å²) >= 11 is 0. The average Bonchev–Trinajstić information content (AvgIpc) is 2.61. The molecule has 27 heavy (non-hydrogen) atoms. The molecular weight excluding hydrogens is 352 g/mol. The van der Waals surface area contributed by atoms with Crippen LogP contribution in [0, 0.1) is 24.7 Å². The van der Waals surface area contributed by atoms with E-state index in [0.717, 1.165) is 0 Å². The normalized spacial score (nSPS) is 11.9. The van der Waals surface area contributed by atoms with Crippen molar-refractivity contribution in [3.63, 3.8) is 0 Å². The number of hydrogen-bond acceptors (Lipinski definition) is 6. The van der Waals surface area contributed by atoms with Crippen LogP contribution in [0.4, 0.5) is 9.59 Å². The Labute approximate surface area is 160 Å². The number of rotatable bonds is 12. The highest BCUT2D eigenvalue weighted by Gasteiger charge is 2.26. The van der Waals surface area contributed by atoms with Gasteiger partial charge in [0.25, 0.3) is 0 Å². The van der Waals surface area contributed by atoms with E-state index in [2.05, 4.69) is 22.5 Å². The maximum Gasteiger partial charge on any atom is 0.407 e. The second-order valence-electron chi connectivity index (χ2n) is 5.62. The van der Waals surface area contributed by atoms with Gasteiger partial charge in [0.2, 0.25) is 0 Å². The molecule has 2 N–H and O–H groups in total. The van der Waals surface area contributed by atoms with E-state index in [-0.39, 0.29) is 26.2 Å². The zero-order valence-corrected chi connectivity index (χ0v) is 15.9. The molecule has 0 aromatic carbocycles. The van der Waals surface area contributed by atoms with Crippen LogP contribution in [0.5, 0.6) is 0 Å². The van der Waals surface area contributed by atoms with Gasteiger partial charge in [-0.05, 0) is 33.1 Å². The molecule has 0 rings (SSSR count). The number of hydrogen-bond donors (Lipinski definition) is 2. The van der Waals surface area contributed by atoms with E-state index >= 15 is 0 Å². The van der Waals surface area contributed by atoms with Crippen LogP contribution in [0.3, 0.4) is 0 Å². The lowest BCUT2D eigenvalue weighted by Crippen LogP contribution is -2.47. The van der Waals surface area contributed by atoms with Crippen molar-refractivity contribution in [2.45, 2.75) is 58.0 Å². The minimum Gasteiger partial charge on any atom is -0.464 e. The third kappa shape index (κ3) is 13.1. The SMILES string of the molecule is C#CCCCOC(=O)NC(C)CC(NC(=O)OCC)C(=O)OCCCC#C. The van der Waals surface area contributed by atoms with Gasteiger partial charge in [-0.3, -0.25) is 0 Å². The highest BCUT2D eigenvalue weighted by Crippen LogP contribution is 2.04. The summed E-state index contributed by atoms with van der Waals surface area (Å²) in [5.41, 5.74) is 0. The van der Waals surface area contributed by atoms with Crippen LogP contribution >= 0.6 is 0 Å². The standard InChI is InChI=1S/C19H28N2O6/c1-5-8-10-12-26-17(22)16(21-19(24)25-7-3)14-15(4)20-18(23)27-13-11-9-6-2/h1-2,15-16H,7-14H2,3-4H3,(H,20,23)(H,21,24). The fourth-order valence-corrected chi connectivity index (χ4v) is 1.97. The molecule has 0 saturated heterocycles. The number of terminal acetylenes is 2. The van der Waals surface area contributed by atoms with Gasteiger partial charge in [-0.1, -0.05) is 0 Å². The van der Waals surface area contributed by atoms with E-state index in [1.54, 1.807) is 13.8 Å². The van der Waals surface area contributed by atoms with Crippen molar-refractivity contribution in [1.82, 2.24) is 10.6 Å². The van der Waals surface area contributed by atoms with Crippen LogP contribution in [-0.2, 0) is 19.0 Å². The van der Waals surface area contributed by atoms with Crippen LogP contribution in [0.15, 0.2) is 0 Å². The van der Waals surface area contributed by atoms with Gasteiger partial charge in [0.1, 0.15) is 6.04 Å². The number of amides is 2. The fraction of sp³-hybridized carbons (Fsp3) is 0.632. The van der Waals surface area contributed by atoms with E-state index in [1.807, 2.05) is 0 Å². The monoisotopic (exact) mass is 380 g/mol. The molecule has 0 radical (unpaired) electrons. The maximum atomic E-state index is 12.2. The summed E-state index contributed by atoms with van der Waals surface area (Å²) < 4.78 is 14.9. The molecule has 0 aliphatic heterocycles. The van der Waals surface area contributed by atoms with E-state index in [0.29, 0.717) is 25.7 Å². The number of unbranched alkanes of at least 4 members (excludes halogenated alkanes) is 2. The second kappa shape index (κ2) is 15.4. The molecule has 0 aromatic rings. The first-order valence-electron chi connectivity index (χ1n) is 8.84. The lowest BCUT2D eigenvalue weighted by molar-refractivity contribution is -0.146. The molecular formula is C19H28N2O6. The highest BCUT2D eigenvalue weighted by molar-refractivity contribution is 5.81. The third-order valence-electron chi connectivity index (χ3n) is 3.21. The summed E-state index contributed by atoms with van der Waals surface area (Å²) in [6.45, 7) is 3.82. The smallest absolute Gasteiger partial charge is 0.407 e. The largest absolute Gasteiger partial charge is 0.464 e. The fourth-order valence-electron chi connectivity index (χ4n) is 1.97. The Bertz CT molecular complexity index is 549. The summed E-state index contributed by atoms with van der Waals surface area (Å²) in [5.74, 6) is 4.26. The van der Waals surface area contributed by atoms with Gasteiger partial charge < -0.3 is 24.8 Å². The zero-order chi connectivity index (χ0) is 20.5. The third-order valence-corrected chi connectivity index (χ3v) is 3.21. The van der Waals surface area contributed by atoms with Crippen molar-refractivity contribution in [3.8, 4) is 24.7 Å². The minimum atomic E-state index is -0.980. The molecule has 0 fully saturated rings. The number of ether oxygens (including phenoxy) is 3.